The van der Waals surface area contributed by atoms with Crippen molar-refractivity contribution in [1.82, 2.24) is 25.4 Å². The first-order valence-corrected chi connectivity index (χ1v) is 10.6. The van der Waals surface area contributed by atoms with Crippen molar-refractivity contribution in [2.45, 2.75) is 32.6 Å². The predicted molar refractivity (Wildman–Crippen MR) is 132 cm³/mol. The highest BCUT2D eigenvalue weighted by atomic mass is 127. The van der Waals surface area contributed by atoms with Gasteiger partial charge in [-0.3, -0.25) is 4.99 Å². The standard InChI is InChI=1S/C21H28N6S.HI/c1-17-16-28-20(26-17)6-3-4-12-23-21(22-2)24-14-11-18-7-9-19(10-8-18)27-15-5-13-25-27;/h5,7-10,13,15-16H,3-4,6,11-12,14H2,1-2H3,(H2,22,23,24);1H. The minimum absolute atomic E-state index is 0. The van der Waals surface area contributed by atoms with Crippen molar-refractivity contribution in [3.63, 3.8) is 0 Å². The van der Waals surface area contributed by atoms with Crippen LogP contribution in [0.15, 0.2) is 53.1 Å². The number of hydrogen-bond acceptors (Lipinski definition) is 4. The van der Waals surface area contributed by atoms with E-state index in [0.717, 1.165) is 56.1 Å². The molecule has 1 aromatic carbocycles. The van der Waals surface area contributed by atoms with Crippen molar-refractivity contribution >= 4 is 41.3 Å². The number of rotatable bonds is 9. The molecule has 0 amide bonds. The Morgan fingerprint density at radius 3 is 2.55 bits per heavy atom. The molecule has 0 atom stereocenters. The Morgan fingerprint density at radius 2 is 1.90 bits per heavy atom. The maximum absolute atomic E-state index is 4.51. The SMILES string of the molecule is CN=C(NCCCCc1nc(C)cs1)NCCc1ccc(-n2cccn2)cc1.I. The molecule has 2 aromatic heterocycles. The van der Waals surface area contributed by atoms with Crippen LogP contribution in [0.3, 0.4) is 0 Å². The topological polar surface area (TPSA) is 67.1 Å². The van der Waals surface area contributed by atoms with Crippen LogP contribution in [-0.2, 0) is 12.8 Å². The van der Waals surface area contributed by atoms with E-state index >= 15 is 0 Å². The van der Waals surface area contributed by atoms with E-state index in [1.807, 2.05) is 30.9 Å². The van der Waals surface area contributed by atoms with Crippen LogP contribution in [0.4, 0.5) is 0 Å². The van der Waals surface area contributed by atoms with E-state index in [1.165, 1.54) is 10.6 Å². The number of guanidine groups is 1. The molecule has 0 spiro atoms. The van der Waals surface area contributed by atoms with Crippen LogP contribution in [0.25, 0.3) is 5.69 Å². The molecule has 156 valence electrons. The number of thiazole rings is 1. The summed E-state index contributed by atoms with van der Waals surface area (Å²) in [6.07, 6.45) is 7.98. The smallest absolute Gasteiger partial charge is 0.190 e. The minimum atomic E-state index is 0. The highest BCUT2D eigenvalue weighted by molar-refractivity contribution is 14.0. The summed E-state index contributed by atoms with van der Waals surface area (Å²) in [5.74, 6) is 0.859. The second-order valence-electron chi connectivity index (χ2n) is 6.63. The Morgan fingerprint density at radius 1 is 1.10 bits per heavy atom. The molecule has 0 radical (unpaired) electrons. The van der Waals surface area contributed by atoms with Gasteiger partial charge in [0.1, 0.15) is 0 Å². The van der Waals surface area contributed by atoms with Gasteiger partial charge in [-0.05, 0) is 56.4 Å². The predicted octanol–water partition coefficient (Wildman–Crippen LogP) is 3.99. The molecular formula is C21H29IN6S. The van der Waals surface area contributed by atoms with Gasteiger partial charge < -0.3 is 10.6 Å². The fraction of sp³-hybridized carbons (Fsp3) is 0.381. The highest BCUT2D eigenvalue weighted by Gasteiger charge is 2.01. The Hall–Kier alpha value is -1.94. The van der Waals surface area contributed by atoms with Gasteiger partial charge in [0.15, 0.2) is 5.96 Å². The molecule has 0 aliphatic carbocycles. The second kappa shape index (κ2) is 12.6. The van der Waals surface area contributed by atoms with Gasteiger partial charge >= 0.3 is 0 Å². The van der Waals surface area contributed by atoms with Gasteiger partial charge in [0.25, 0.3) is 0 Å². The van der Waals surface area contributed by atoms with Crippen molar-refractivity contribution in [2.75, 3.05) is 20.1 Å². The number of benzene rings is 1. The lowest BCUT2D eigenvalue weighted by Gasteiger charge is -2.12. The van der Waals surface area contributed by atoms with Crippen LogP contribution < -0.4 is 10.6 Å². The molecular weight excluding hydrogens is 495 g/mol. The summed E-state index contributed by atoms with van der Waals surface area (Å²) in [7, 11) is 1.81. The molecule has 8 heteroatoms. The van der Waals surface area contributed by atoms with Gasteiger partial charge in [-0.25, -0.2) is 9.67 Å². The summed E-state index contributed by atoms with van der Waals surface area (Å²) in [6.45, 7) is 3.81. The quantitative estimate of drug-likeness (QED) is 0.192. The Labute approximate surface area is 193 Å². The van der Waals surface area contributed by atoms with Crippen LogP contribution in [0.2, 0.25) is 0 Å². The first-order chi connectivity index (χ1) is 13.7. The number of hydrogen-bond donors (Lipinski definition) is 2. The average molecular weight is 524 g/mol. The van der Waals surface area contributed by atoms with Crippen LogP contribution in [0.1, 0.15) is 29.1 Å². The number of aryl methyl sites for hydroxylation is 2. The van der Waals surface area contributed by atoms with Crippen molar-refractivity contribution in [3.05, 3.63) is 64.4 Å². The van der Waals surface area contributed by atoms with E-state index in [9.17, 15) is 0 Å². The van der Waals surface area contributed by atoms with Crippen molar-refractivity contribution in [3.8, 4) is 5.69 Å². The van der Waals surface area contributed by atoms with Gasteiger partial charge in [0.05, 0.1) is 10.7 Å². The molecule has 2 N–H and O–H groups in total. The molecule has 0 aliphatic rings. The summed E-state index contributed by atoms with van der Waals surface area (Å²) in [4.78, 5) is 8.80. The molecule has 29 heavy (non-hydrogen) atoms. The number of nitrogens with zero attached hydrogens (tertiary/aromatic N) is 4. The molecule has 0 fully saturated rings. The lowest BCUT2D eigenvalue weighted by molar-refractivity contribution is 0.691. The normalized spacial score (nSPS) is 11.2. The van der Waals surface area contributed by atoms with E-state index in [0.29, 0.717) is 0 Å². The van der Waals surface area contributed by atoms with Crippen LogP contribution in [-0.4, -0.2) is 40.9 Å². The van der Waals surface area contributed by atoms with Crippen molar-refractivity contribution < 1.29 is 0 Å². The lowest BCUT2D eigenvalue weighted by Crippen LogP contribution is -2.38. The Kier molecular flexibility index (Phi) is 10.1. The molecule has 0 bridgehead atoms. The van der Waals surface area contributed by atoms with E-state index in [-0.39, 0.29) is 24.0 Å². The summed E-state index contributed by atoms with van der Waals surface area (Å²) < 4.78 is 1.86. The van der Waals surface area contributed by atoms with Crippen LogP contribution in [0, 0.1) is 6.92 Å². The zero-order valence-corrected chi connectivity index (χ0v) is 20.1. The number of aliphatic imine (C=N–C) groups is 1. The first-order valence-electron chi connectivity index (χ1n) is 9.69. The molecule has 2 heterocycles. The number of halogens is 1. The van der Waals surface area contributed by atoms with E-state index in [2.05, 4.69) is 55.4 Å². The molecule has 6 nitrogen and oxygen atoms in total. The van der Waals surface area contributed by atoms with E-state index in [1.54, 1.807) is 17.5 Å². The first kappa shape index (κ1) is 23.3. The molecule has 0 unspecified atom stereocenters. The van der Waals surface area contributed by atoms with Gasteiger partial charge in [-0.1, -0.05) is 12.1 Å². The summed E-state index contributed by atoms with van der Waals surface area (Å²) in [6, 6.07) is 10.4. The van der Waals surface area contributed by atoms with Gasteiger partial charge in [-0.15, -0.1) is 35.3 Å². The number of nitrogens with one attached hydrogen (secondary N) is 2. The fourth-order valence-corrected chi connectivity index (χ4v) is 3.73. The maximum atomic E-state index is 4.51. The number of unbranched alkanes of at least 4 members (excludes halogenated alkanes) is 1. The second-order valence-corrected chi connectivity index (χ2v) is 7.58. The zero-order chi connectivity index (χ0) is 19.6. The molecule has 0 saturated carbocycles. The molecule has 0 aliphatic heterocycles. The summed E-state index contributed by atoms with van der Waals surface area (Å²) in [5.41, 5.74) is 3.49. The number of aromatic nitrogens is 3. The minimum Gasteiger partial charge on any atom is -0.356 e. The highest BCUT2D eigenvalue weighted by Crippen LogP contribution is 2.11. The fourth-order valence-electron chi connectivity index (χ4n) is 2.91. The average Bonchev–Trinajstić information content (AvgIpc) is 3.39. The van der Waals surface area contributed by atoms with Crippen molar-refractivity contribution in [1.29, 1.82) is 0 Å². The Balaban J connectivity index is 0.00000300. The monoisotopic (exact) mass is 524 g/mol. The third-order valence-electron chi connectivity index (χ3n) is 4.41. The van der Waals surface area contributed by atoms with Gasteiger partial charge in [-0.2, -0.15) is 5.10 Å². The lowest BCUT2D eigenvalue weighted by atomic mass is 10.1. The Bertz CT molecular complexity index is 858. The van der Waals surface area contributed by atoms with Crippen molar-refractivity contribution in [2.24, 2.45) is 4.99 Å². The van der Waals surface area contributed by atoms with Gasteiger partial charge in [0.2, 0.25) is 0 Å². The van der Waals surface area contributed by atoms with Crippen LogP contribution >= 0.6 is 35.3 Å². The summed E-state index contributed by atoms with van der Waals surface area (Å²) in [5, 5.41) is 14.4. The van der Waals surface area contributed by atoms with Gasteiger partial charge in [0, 0.05) is 43.6 Å². The van der Waals surface area contributed by atoms with E-state index < -0.39 is 0 Å². The third kappa shape index (κ3) is 7.77. The molecule has 3 rings (SSSR count). The maximum Gasteiger partial charge on any atom is 0.190 e. The summed E-state index contributed by atoms with van der Waals surface area (Å²) >= 11 is 1.75. The third-order valence-corrected chi connectivity index (χ3v) is 5.44. The zero-order valence-electron chi connectivity index (χ0n) is 17.0. The largest absolute Gasteiger partial charge is 0.356 e. The molecule has 3 aromatic rings. The van der Waals surface area contributed by atoms with E-state index in [4.69, 9.17) is 0 Å². The van der Waals surface area contributed by atoms with Crippen LogP contribution in [0.5, 0.6) is 0 Å². The molecule has 0 saturated heterocycles.